The number of carboxylic acid groups (broad SMARTS) is 1. The first-order valence-electron chi connectivity index (χ1n) is 6.32. The van der Waals surface area contributed by atoms with Crippen LogP contribution in [0.4, 0.5) is 5.82 Å². The number of hydrogen-bond donors (Lipinski definition) is 2. The lowest BCUT2D eigenvalue weighted by Gasteiger charge is -2.29. The van der Waals surface area contributed by atoms with Gasteiger partial charge in [-0.25, -0.2) is 4.98 Å². The molecule has 0 bridgehead atoms. The fourth-order valence-electron chi connectivity index (χ4n) is 2.12. The van der Waals surface area contributed by atoms with Crippen molar-refractivity contribution in [2.75, 3.05) is 17.8 Å². The normalized spacial score (nSPS) is 17.9. The number of aliphatic carboxylic acids is 1. The van der Waals surface area contributed by atoms with E-state index in [4.69, 9.17) is 5.11 Å². The molecule has 2 N–H and O–H groups in total. The molecule has 0 aliphatic carbocycles. The van der Waals surface area contributed by atoms with E-state index in [0.29, 0.717) is 18.7 Å². The van der Waals surface area contributed by atoms with Crippen LogP contribution in [0.1, 0.15) is 18.4 Å². The number of carbonyl (C=O) groups is 1. The molecule has 1 aliphatic heterocycles. The Kier molecular flexibility index (Phi) is 4.24. The number of piperidine rings is 1. The molecule has 0 amide bonds. The maximum atomic E-state index is 12.2. The molecule has 110 valence electrons. The molecule has 0 unspecified atom stereocenters. The van der Waals surface area contributed by atoms with E-state index in [2.05, 4.69) is 9.71 Å². The van der Waals surface area contributed by atoms with Crippen molar-refractivity contribution in [2.45, 2.75) is 19.8 Å². The van der Waals surface area contributed by atoms with Crippen LogP contribution in [0.3, 0.4) is 0 Å². The molecule has 1 aromatic heterocycles. The van der Waals surface area contributed by atoms with E-state index in [1.807, 2.05) is 0 Å². The number of anilines is 1. The van der Waals surface area contributed by atoms with Crippen LogP contribution in [0, 0.1) is 12.8 Å². The van der Waals surface area contributed by atoms with E-state index < -0.39 is 22.1 Å². The van der Waals surface area contributed by atoms with E-state index in [1.165, 1.54) is 10.5 Å². The molecule has 2 rings (SSSR count). The van der Waals surface area contributed by atoms with Crippen LogP contribution in [0.15, 0.2) is 18.3 Å². The average molecular weight is 299 g/mol. The van der Waals surface area contributed by atoms with Gasteiger partial charge in [0.25, 0.3) is 0 Å². The smallest absolute Gasteiger partial charge is 0.306 e. The van der Waals surface area contributed by atoms with E-state index in [-0.39, 0.29) is 13.1 Å². The molecule has 1 saturated heterocycles. The van der Waals surface area contributed by atoms with E-state index in [0.717, 1.165) is 5.56 Å². The maximum absolute atomic E-state index is 12.2. The minimum Gasteiger partial charge on any atom is -0.481 e. The standard InChI is InChI=1S/C12H17N3O4S/c1-9-3-2-6-13-11(9)14-20(18,19)15-7-4-10(5-8-15)12(16)17/h2-3,6,10H,4-5,7-8H2,1H3,(H,13,14)(H,16,17). The first-order chi connectivity index (χ1) is 9.40. The van der Waals surface area contributed by atoms with Crippen molar-refractivity contribution in [3.63, 3.8) is 0 Å². The lowest BCUT2D eigenvalue weighted by Crippen LogP contribution is -2.43. The van der Waals surface area contributed by atoms with Crippen molar-refractivity contribution in [1.29, 1.82) is 0 Å². The third-order valence-corrected chi connectivity index (χ3v) is 4.87. The minimum absolute atomic E-state index is 0.207. The Morgan fingerprint density at radius 1 is 1.45 bits per heavy atom. The third-order valence-electron chi connectivity index (χ3n) is 3.38. The highest BCUT2D eigenvalue weighted by molar-refractivity contribution is 7.90. The van der Waals surface area contributed by atoms with Gasteiger partial charge in [-0.3, -0.25) is 9.52 Å². The maximum Gasteiger partial charge on any atom is 0.306 e. The van der Waals surface area contributed by atoms with Gasteiger partial charge in [-0.1, -0.05) is 6.07 Å². The van der Waals surface area contributed by atoms with Crippen molar-refractivity contribution in [1.82, 2.24) is 9.29 Å². The van der Waals surface area contributed by atoms with Gasteiger partial charge in [0.15, 0.2) is 0 Å². The van der Waals surface area contributed by atoms with Gasteiger partial charge >= 0.3 is 16.2 Å². The lowest BCUT2D eigenvalue weighted by atomic mass is 9.99. The van der Waals surface area contributed by atoms with Gasteiger partial charge in [0.05, 0.1) is 5.92 Å². The highest BCUT2D eigenvalue weighted by atomic mass is 32.2. The molecule has 0 aromatic carbocycles. The molecule has 1 aliphatic rings. The van der Waals surface area contributed by atoms with Crippen LogP contribution >= 0.6 is 0 Å². The topological polar surface area (TPSA) is 99.6 Å². The zero-order chi connectivity index (χ0) is 14.8. The summed E-state index contributed by atoms with van der Waals surface area (Å²) in [6.07, 6.45) is 2.18. The van der Waals surface area contributed by atoms with Crippen molar-refractivity contribution < 1.29 is 18.3 Å². The monoisotopic (exact) mass is 299 g/mol. The largest absolute Gasteiger partial charge is 0.481 e. The predicted molar refractivity (Wildman–Crippen MR) is 73.4 cm³/mol. The fraction of sp³-hybridized carbons (Fsp3) is 0.500. The summed E-state index contributed by atoms with van der Waals surface area (Å²) in [6, 6.07) is 3.49. The molecule has 0 atom stereocenters. The number of aromatic nitrogens is 1. The molecule has 0 saturated carbocycles. The molecule has 20 heavy (non-hydrogen) atoms. The summed E-state index contributed by atoms with van der Waals surface area (Å²) in [4.78, 5) is 14.8. The molecule has 1 aromatic rings. The Labute approximate surface area is 117 Å². The zero-order valence-electron chi connectivity index (χ0n) is 11.1. The molecule has 7 nitrogen and oxygen atoms in total. The number of rotatable bonds is 4. The highest BCUT2D eigenvalue weighted by Gasteiger charge is 2.31. The molecule has 0 spiro atoms. The van der Waals surface area contributed by atoms with Gasteiger partial charge < -0.3 is 5.11 Å². The van der Waals surface area contributed by atoms with Crippen LogP contribution in [0.25, 0.3) is 0 Å². The Bertz CT molecular complexity index is 594. The fourth-order valence-corrected chi connectivity index (χ4v) is 3.40. The quantitative estimate of drug-likeness (QED) is 0.858. The second-order valence-corrected chi connectivity index (χ2v) is 6.46. The Morgan fingerprint density at radius 2 is 2.10 bits per heavy atom. The second-order valence-electron chi connectivity index (χ2n) is 4.79. The van der Waals surface area contributed by atoms with Crippen LogP contribution in [0.5, 0.6) is 0 Å². The van der Waals surface area contributed by atoms with Gasteiger partial charge in [-0.2, -0.15) is 12.7 Å². The van der Waals surface area contributed by atoms with Gasteiger partial charge in [-0.15, -0.1) is 0 Å². The minimum atomic E-state index is -3.68. The second kappa shape index (κ2) is 5.76. The average Bonchev–Trinajstić information content (AvgIpc) is 2.41. The predicted octanol–water partition coefficient (Wildman–Crippen LogP) is 0.843. The van der Waals surface area contributed by atoms with Crippen molar-refractivity contribution in [3.05, 3.63) is 23.9 Å². The summed E-state index contributed by atoms with van der Waals surface area (Å²) in [7, 11) is -3.68. The van der Waals surface area contributed by atoms with Crippen LogP contribution in [0.2, 0.25) is 0 Å². The highest BCUT2D eigenvalue weighted by Crippen LogP contribution is 2.21. The van der Waals surface area contributed by atoms with Crippen molar-refractivity contribution >= 4 is 22.0 Å². The number of nitrogens with zero attached hydrogens (tertiary/aromatic N) is 2. The molecular formula is C12H17N3O4S. The summed E-state index contributed by atoms with van der Waals surface area (Å²) >= 11 is 0. The summed E-state index contributed by atoms with van der Waals surface area (Å²) in [5.74, 6) is -1.03. The molecule has 0 radical (unpaired) electrons. The molecular weight excluding hydrogens is 282 g/mol. The SMILES string of the molecule is Cc1cccnc1NS(=O)(=O)N1CCC(C(=O)O)CC1. The number of pyridine rings is 1. The van der Waals surface area contributed by atoms with Gasteiger partial charge in [0.2, 0.25) is 0 Å². The first kappa shape index (κ1) is 14.7. The van der Waals surface area contributed by atoms with Crippen LogP contribution in [-0.2, 0) is 15.0 Å². The third kappa shape index (κ3) is 3.26. The van der Waals surface area contributed by atoms with Crippen LogP contribution in [-0.4, -0.2) is 41.9 Å². The molecule has 2 heterocycles. The summed E-state index contributed by atoms with van der Waals surface area (Å²) in [6.45, 7) is 2.18. The van der Waals surface area contributed by atoms with Crippen LogP contribution < -0.4 is 4.72 Å². The van der Waals surface area contributed by atoms with Crippen molar-refractivity contribution in [2.24, 2.45) is 5.92 Å². The number of hydrogen-bond acceptors (Lipinski definition) is 4. The van der Waals surface area contributed by atoms with E-state index in [9.17, 15) is 13.2 Å². The number of nitrogens with one attached hydrogen (secondary N) is 1. The first-order valence-corrected chi connectivity index (χ1v) is 7.76. The number of carboxylic acids is 1. The Hall–Kier alpha value is -1.67. The Balaban J connectivity index is 2.05. The summed E-state index contributed by atoms with van der Waals surface area (Å²) in [5.41, 5.74) is 0.733. The Morgan fingerprint density at radius 3 is 2.65 bits per heavy atom. The van der Waals surface area contributed by atoms with Gasteiger partial charge in [0.1, 0.15) is 5.82 Å². The number of aryl methyl sites for hydroxylation is 1. The van der Waals surface area contributed by atoms with Crippen molar-refractivity contribution in [3.8, 4) is 0 Å². The zero-order valence-corrected chi connectivity index (χ0v) is 11.9. The van der Waals surface area contributed by atoms with E-state index >= 15 is 0 Å². The molecule has 8 heteroatoms. The van der Waals surface area contributed by atoms with Gasteiger partial charge in [-0.05, 0) is 31.4 Å². The van der Waals surface area contributed by atoms with E-state index in [1.54, 1.807) is 19.1 Å². The lowest BCUT2D eigenvalue weighted by molar-refractivity contribution is -0.142. The summed E-state index contributed by atoms with van der Waals surface area (Å²) in [5, 5.41) is 8.91. The molecule has 1 fully saturated rings. The van der Waals surface area contributed by atoms with Gasteiger partial charge in [0, 0.05) is 19.3 Å². The summed E-state index contributed by atoms with van der Waals surface area (Å²) < 4.78 is 28.1.